The van der Waals surface area contributed by atoms with Gasteiger partial charge in [-0.3, -0.25) is 4.79 Å². The minimum Gasteiger partial charge on any atom is -0.492 e. The van der Waals surface area contributed by atoms with Crippen LogP contribution in [0.3, 0.4) is 0 Å². The Balaban J connectivity index is 1.41. The number of nitrogens with one attached hydrogen (secondary N) is 1. The predicted octanol–water partition coefficient (Wildman–Crippen LogP) is 3.79. The summed E-state index contributed by atoms with van der Waals surface area (Å²) in [6.45, 7) is 2.54. The van der Waals surface area contributed by atoms with Gasteiger partial charge in [0.1, 0.15) is 18.1 Å². The van der Waals surface area contributed by atoms with Gasteiger partial charge in [-0.15, -0.1) is 0 Å². The van der Waals surface area contributed by atoms with Crippen molar-refractivity contribution in [3.05, 3.63) is 58.6 Å². The summed E-state index contributed by atoms with van der Waals surface area (Å²) in [5.74, 6) is 1.16. The number of hydrogen-bond donors (Lipinski definition) is 1. The molecule has 1 amide bonds. The maximum atomic E-state index is 12.1. The van der Waals surface area contributed by atoms with Gasteiger partial charge in [0.25, 0.3) is 5.91 Å². The molecule has 1 N–H and O–H groups in total. The van der Waals surface area contributed by atoms with E-state index in [0.717, 1.165) is 18.6 Å². The van der Waals surface area contributed by atoms with E-state index in [2.05, 4.69) is 17.4 Å². The Morgan fingerprint density at radius 1 is 1.20 bits per heavy atom. The van der Waals surface area contributed by atoms with Crippen molar-refractivity contribution >= 4 is 17.5 Å². The normalized spacial score (nSPS) is 13.8. The molecule has 0 bridgehead atoms. The lowest BCUT2D eigenvalue weighted by Gasteiger charge is -2.15. The lowest BCUT2D eigenvalue weighted by molar-refractivity contribution is -0.127. The van der Waals surface area contributed by atoms with E-state index in [0.29, 0.717) is 23.9 Å². The molecule has 0 saturated carbocycles. The Morgan fingerprint density at radius 2 is 2.00 bits per heavy atom. The third kappa shape index (κ3) is 4.67. The number of carbonyl (C=O) groups is 1. The number of benzene rings is 2. The summed E-state index contributed by atoms with van der Waals surface area (Å²) in [6, 6.07) is 13.3. The van der Waals surface area contributed by atoms with Crippen LogP contribution >= 0.6 is 11.6 Å². The van der Waals surface area contributed by atoms with Crippen LogP contribution < -0.4 is 14.8 Å². The Kier molecular flexibility index (Phi) is 5.82. The molecule has 1 aliphatic rings. The van der Waals surface area contributed by atoms with E-state index in [1.807, 2.05) is 18.2 Å². The van der Waals surface area contributed by atoms with Crippen molar-refractivity contribution in [3.63, 3.8) is 0 Å². The monoisotopic (exact) mass is 359 g/mol. The molecule has 2 aromatic rings. The first-order valence-corrected chi connectivity index (χ1v) is 8.95. The smallest absolute Gasteiger partial charge is 0.260 e. The molecule has 25 heavy (non-hydrogen) atoms. The molecule has 3 rings (SSSR count). The maximum Gasteiger partial charge on any atom is 0.260 e. The van der Waals surface area contributed by atoms with Gasteiger partial charge >= 0.3 is 0 Å². The fourth-order valence-corrected chi connectivity index (χ4v) is 3.09. The summed E-state index contributed by atoms with van der Waals surface area (Å²) < 4.78 is 11.3. The van der Waals surface area contributed by atoms with E-state index in [1.165, 1.54) is 17.5 Å². The Bertz CT molecular complexity index is 747. The molecule has 0 spiro atoms. The molecule has 0 heterocycles. The van der Waals surface area contributed by atoms with Crippen LogP contribution in [0.5, 0.6) is 11.5 Å². The van der Waals surface area contributed by atoms with Gasteiger partial charge in [-0.2, -0.15) is 0 Å². The summed E-state index contributed by atoms with van der Waals surface area (Å²) >= 11 is 6.03. The lowest BCUT2D eigenvalue weighted by Crippen LogP contribution is -2.38. The van der Waals surface area contributed by atoms with E-state index in [1.54, 1.807) is 19.1 Å². The minimum atomic E-state index is -0.625. The number of halogens is 1. The SMILES string of the molecule is CC(Oc1ccccc1Cl)C(=O)NCCOc1ccc2c(c1)CCC2. The van der Waals surface area contributed by atoms with Crippen LogP contribution in [-0.4, -0.2) is 25.2 Å². The van der Waals surface area contributed by atoms with Gasteiger partial charge < -0.3 is 14.8 Å². The van der Waals surface area contributed by atoms with Crippen LogP contribution in [-0.2, 0) is 17.6 Å². The standard InChI is InChI=1S/C20H22ClNO3/c1-14(25-19-8-3-2-7-18(19)21)20(23)22-11-12-24-17-10-9-15-5-4-6-16(15)13-17/h2-3,7-10,13-14H,4-6,11-12H2,1H3,(H,22,23). The predicted molar refractivity (Wildman–Crippen MR) is 98.5 cm³/mol. The molecule has 132 valence electrons. The Hall–Kier alpha value is -2.20. The topological polar surface area (TPSA) is 47.6 Å². The summed E-state index contributed by atoms with van der Waals surface area (Å²) in [6.07, 6.45) is 2.88. The van der Waals surface area contributed by atoms with Crippen molar-refractivity contribution in [1.29, 1.82) is 0 Å². The van der Waals surface area contributed by atoms with Crippen LogP contribution in [0.25, 0.3) is 0 Å². The molecule has 0 radical (unpaired) electrons. The summed E-state index contributed by atoms with van der Waals surface area (Å²) in [5.41, 5.74) is 2.80. The first kappa shape index (κ1) is 17.6. The van der Waals surface area contributed by atoms with Crippen LogP contribution in [0.4, 0.5) is 0 Å². The molecule has 0 fully saturated rings. The number of amides is 1. The average molecular weight is 360 g/mol. The number of fused-ring (bicyclic) bond motifs is 1. The van der Waals surface area contributed by atoms with Crippen LogP contribution in [0, 0.1) is 0 Å². The van der Waals surface area contributed by atoms with E-state index >= 15 is 0 Å². The van der Waals surface area contributed by atoms with E-state index in [4.69, 9.17) is 21.1 Å². The van der Waals surface area contributed by atoms with Crippen molar-refractivity contribution in [1.82, 2.24) is 5.32 Å². The van der Waals surface area contributed by atoms with E-state index in [9.17, 15) is 4.79 Å². The van der Waals surface area contributed by atoms with Crippen molar-refractivity contribution in [2.45, 2.75) is 32.3 Å². The van der Waals surface area contributed by atoms with Crippen molar-refractivity contribution in [2.75, 3.05) is 13.2 Å². The molecular weight excluding hydrogens is 338 g/mol. The molecule has 1 unspecified atom stereocenters. The maximum absolute atomic E-state index is 12.1. The van der Waals surface area contributed by atoms with Crippen LogP contribution in [0.2, 0.25) is 5.02 Å². The second-order valence-corrected chi connectivity index (χ2v) is 6.52. The molecule has 0 aliphatic heterocycles. The molecular formula is C20H22ClNO3. The average Bonchev–Trinajstić information content (AvgIpc) is 3.08. The number of para-hydroxylation sites is 1. The Morgan fingerprint density at radius 3 is 2.84 bits per heavy atom. The van der Waals surface area contributed by atoms with Crippen molar-refractivity contribution in [2.24, 2.45) is 0 Å². The van der Waals surface area contributed by atoms with Gasteiger partial charge in [-0.05, 0) is 61.6 Å². The van der Waals surface area contributed by atoms with Crippen LogP contribution in [0.15, 0.2) is 42.5 Å². The summed E-state index contributed by atoms with van der Waals surface area (Å²) in [4.78, 5) is 12.1. The third-order valence-electron chi connectivity index (χ3n) is 4.25. The minimum absolute atomic E-state index is 0.197. The molecule has 0 aromatic heterocycles. The fourth-order valence-electron chi connectivity index (χ4n) is 2.91. The number of aryl methyl sites for hydroxylation is 2. The molecule has 1 aliphatic carbocycles. The molecule has 5 heteroatoms. The van der Waals surface area contributed by atoms with Gasteiger partial charge in [0.2, 0.25) is 0 Å². The fraction of sp³-hybridized carbons (Fsp3) is 0.350. The number of rotatable bonds is 7. The number of ether oxygens (including phenoxy) is 2. The van der Waals surface area contributed by atoms with Gasteiger partial charge in [0.05, 0.1) is 11.6 Å². The van der Waals surface area contributed by atoms with Gasteiger partial charge in [0, 0.05) is 0 Å². The first-order chi connectivity index (χ1) is 12.1. The summed E-state index contributed by atoms with van der Waals surface area (Å²) in [7, 11) is 0. The van der Waals surface area contributed by atoms with Crippen molar-refractivity contribution in [3.8, 4) is 11.5 Å². The second-order valence-electron chi connectivity index (χ2n) is 6.11. The zero-order valence-corrected chi connectivity index (χ0v) is 15.0. The van der Waals surface area contributed by atoms with E-state index < -0.39 is 6.10 Å². The van der Waals surface area contributed by atoms with Crippen molar-refractivity contribution < 1.29 is 14.3 Å². The van der Waals surface area contributed by atoms with E-state index in [-0.39, 0.29) is 5.91 Å². The molecule has 2 aromatic carbocycles. The zero-order chi connectivity index (χ0) is 17.6. The lowest BCUT2D eigenvalue weighted by atomic mass is 10.1. The van der Waals surface area contributed by atoms with Gasteiger partial charge in [0.15, 0.2) is 6.10 Å². The highest BCUT2D eigenvalue weighted by Gasteiger charge is 2.15. The highest BCUT2D eigenvalue weighted by atomic mass is 35.5. The molecule has 4 nitrogen and oxygen atoms in total. The zero-order valence-electron chi connectivity index (χ0n) is 14.3. The first-order valence-electron chi connectivity index (χ1n) is 8.57. The number of hydrogen-bond acceptors (Lipinski definition) is 3. The third-order valence-corrected chi connectivity index (χ3v) is 4.56. The van der Waals surface area contributed by atoms with Gasteiger partial charge in [-0.1, -0.05) is 29.8 Å². The quantitative estimate of drug-likeness (QED) is 0.765. The molecule has 1 atom stereocenters. The summed E-state index contributed by atoms with van der Waals surface area (Å²) in [5, 5.41) is 3.30. The highest BCUT2D eigenvalue weighted by Crippen LogP contribution is 2.26. The number of carbonyl (C=O) groups excluding carboxylic acids is 1. The second kappa shape index (κ2) is 8.26. The van der Waals surface area contributed by atoms with Crippen LogP contribution in [0.1, 0.15) is 24.5 Å². The highest BCUT2D eigenvalue weighted by molar-refractivity contribution is 6.32. The molecule has 0 saturated heterocycles. The Labute approximate surface area is 153 Å². The largest absolute Gasteiger partial charge is 0.492 e. The van der Waals surface area contributed by atoms with Gasteiger partial charge in [-0.25, -0.2) is 0 Å².